The maximum Gasteiger partial charge on any atom is 0.404 e. The van der Waals surface area contributed by atoms with Crippen molar-refractivity contribution in [3.05, 3.63) is 0 Å². The third-order valence-corrected chi connectivity index (χ3v) is 1.08. The number of nitrogens with zero attached hydrogens (tertiary/aromatic N) is 1. The molecule has 0 aromatic carbocycles. The van der Waals surface area contributed by atoms with Crippen LogP contribution in [0, 0.1) is 11.5 Å². The van der Waals surface area contributed by atoms with Crippen molar-refractivity contribution in [1.29, 1.82) is 5.26 Å². The molecule has 0 aromatic rings. The molecule has 0 radical (unpaired) electrons. The van der Waals surface area contributed by atoms with E-state index in [1.807, 2.05) is 0 Å². The summed E-state index contributed by atoms with van der Waals surface area (Å²) in [6.45, 7) is 2.05. The highest BCUT2D eigenvalue weighted by molar-refractivity contribution is 7.40. The van der Waals surface area contributed by atoms with Gasteiger partial charge in [0.1, 0.15) is 0 Å². The number of hydrogen-bond donors (Lipinski definition) is 1. The van der Waals surface area contributed by atoms with Gasteiger partial charge in [0.2, 0.25) is 0 Å². The van der Waals surface area contributed by atoms with Crippen molar-refractivity contribution in [3.8, 4) is 6.26 Å². The van der Waals surface area contributed by atoms with Crippen LogP contribution in [0.5, 0.6) is 0 Å². The lowest BCUT2D eigenvalue weighted by atomic mass is 10.9. The van der Waals surface area contributed by atoms with Gasteiger partial charge in [-0.05, 0) is 6.92 Å². The first-order chi connectivity index (χ1) is 3.81. The molecule has 0 aliphatic rings. The highest BCUT2D eigenvalue weighted by Gasteiger charge is 2.02. The van der Waals surface area contributed by atoms with Crippen LogP contribution in [0.25, 0.3) is 0 Å². The second kappa shape index (κ2) is 4.79. The predicted molar refractivity (Wildman–Crippen MR) is 27.5 cm³/mol. The normalized spacial score (nSPS) is 12.1. The van der Waals surface area contributed by atoms with Gasteiger partial charge in [0.25, 0.3) is 6.26 Å². The first kappa shape index (κ1) is 7.64. The molecule has 1 unspecified atom stereocenters. The molecule has 4 nitrogen and oxygen atoms in total. The van der Waals surface area contributed by atoms with Crippen molar-refractivity contribution < 1.29 is 13.9 Å². The molecule has 0 rings (SSSR count). The molecule has 0 aliphatic carbocycles. The molecular weight excluding hydrogens is 129 g/mol. The molecule has 0 bridgehead atoms. The van der Waals surface area contributed by atoms with Gasteiger partial charge in [0.15, 0.2) is 0 Å². The van der Waals surface area contributed by atoms with Crippen molar-refractivity contribution in [3.63, 3.8) is 0 Å². The van der Waals surface area contributed by atoms with Gasteiger partial charge in [-0.15, -0.1) is 5.26 Å². The predicted octanol–water partition coefficient (Wildman–Crippen LogP) is 0.740. The Bertz CT molecular complexity index is 91.0. The molecule has 0 amide bonds. The van der Waals surface area contributed by atoms with Gasteiger partial charge in [-0.3, -0.25) is 0 Å². The van der Waals surface area contributed by atoms with Crippen LogP contribution in [0.2, 0.25) is 0 Å². The lowest BCUT2D eigenvalue weighted by Gasteiger charge is -2.00. The van der Waals surface area contributed by atoms with E-state index in [2.05, 4.69) is 9.05 Å². The largest absolute Gasteiger partial charge is 0.404 e. The molecule has 0 heterocycles. The van der Waals surface area contributed by atoms with E-state index in [0.29, 0.717) is 6.61 Å². The standard InChI is InChI=1S/C3H6NO3P/c1-2-6-8(5)7-3-4/h5H,2H2,1H3. The Kier molecular flexibility index (Phi) is 4.58. The molecule has 5 heteroatoms. The van der Waals surface area contributed by atoms with Gasteiger partial charge >= 0.3 is 8.60 Å². The van der Waals surface area contributed by atoms with Gasteiger partial charge in [0, 0.05) is 0 Å². The van der Waals surface area contributed by atoms with E-state index in [4.69, 9.17) is 10.2 Å². The zero-order chi connectivity index (χ0) is 6.41. The summed E-state index contributed by atoms with van der Waals surface area (Å²) in [5.74, 6) is 0. The summed E-state index contributed by atoms with van der Waals surface area (Å²) >= 11 is 0. The van der Waals surface area contributed by atoms with Crippen LogP contribution >= 0.6 is 8.60 Å². The fraction of sp³-hybridized carbons (Fsp3) is 0.667. The Morgan fingerprint density at radius 1 is 1.88 bits per heavy atom. The van der Waals surface area contributed by atoms with Gasteiger partial charge in [-0.2, -0.15) is 0 Å². The highest BCUT2D eigenvalue weighted by Crippen LogP contribution is 2.31. The second-order valence-electron chi connectivity index (χ2n) is 0.838. The SMILES string of the molecule is CCOP(O)OC#N. The zero-order valence-electron chi connectivity index (χ0n) is 4.37. The minimum Gasteiger partial charge on any atom is -0.352 e. The molecule has 0 aromatic heterocycles. The molecule has 0 saturated carbocycles. The average Bonchev–Trinajstić information content (AvgIpc) is 1.68. The topological polar surface area (TPSA) is 62.5 Å². The molecule has 1 atom stereocenters. The Labute approximate surface area is 48.6 Å². The maximum absolute atomic E-state index is 8.45. The Morgan fingerprint density at radius 3 is 2.88 bits per heavy atom. The van der Waals surface area contributed by atoms with E-state index < -0.39 is 8.60 Å². The molecule has 1 N–H and O–H groups in total. The first-order valence-electron chi connectivity index (χ1n) is 1.99. The smallest absolute Gasteiger partial charge is 0.352 e. The maximum atomic E-state index is 8.45. The zero-order valence-corrected chi connectivity index (χ0v) is 5.26. The minimum atomic E-state index is -1.94. The minimum absolute atomic E-state index is 0.351. The Hall–Kier alpha value is -0.360. The van der Waals surface area contributed by atoms with E-state index in [1.54, 1.807) is 6.92 Å². The molecule has 0 saturated heterocycles. The summed E-state index contributed by atoms with van der Waals surface area (Å²) in [6, 6.07) is 0. The third kappa shape index (κ3) is 3.82. The van der Waals surface area contributed by atoms with Gasteiger partial charge in [-0.1, -0.05) is 0 Å². The van der Waals surface area contributed by atoms with Crippen molar-refractivity contribution in [2.75, 3.05) is 6.61 Å². The van der Waals surface area contributed by atoms with E-state index in [-0.39, 0.29) is 0 Å². The molecule has 0 spiro atoms. The summed E-state index contributed by atoms with van der Waals surface area (Å²) in [5.41, 5.74) is 0. The molecule has 8 heavy (non-hydrogen) atoms. The van der Waals surface area contributed by atoms with Crippen LogP contribution in [-0.2, 0) is 9.05 Å². The van der Waals surface area contributed by atoms with Crippen molar-refractivity contribution >= 4 is 8.60 Å². The number of hydrogen-bond acceptors (Lipinski definition) is 4. The first-order valence-corrected chi connectivity index (χ1v) is 3.12. The quantitative estimate of drug-likeness (QED) is 0.458. The molecule has 0 aliphatic heterocycles. The van der Waals surface area contributed by atoms with Crippen LogP contribution in [0.15, 0.2) is 0 Å². The van der Waals surface area contributed by atoms with Gasteiger partial charge in [-0.25, -0.2) is 0 Å². The van der Waals surface area contributed by atoms with Crippen LogP contribution in [0.4, 0.5) is 0 Å². The molecule has 46 valence electrons. The summed E-state index contributed by atoms with van der Waals surface area (Å²) in [6.07, 6.45) is 1.31. The van der Waals surface area contributed by atoms with Crippen LogP contribution < -0.4 is 0 Å². The number of rotatable bonds is 3. The second-order valence-corrected chi connectivity index (χ2v) is 1.75. The van der Waals surface area contributed by atoms with Crippen molar-refractivity contribution in [2.24, 2.45) is 0 Å². The van der Waals surface area contributed by atoms with Gasteiger partial charge in [0.05, 0.1) is 6.61 Å². The van der Waals surface area contributed by atoms with Crippen LogP contribution in [0.1, 0.15) is 6.92 Å². The monoisotopic (exact) mass is 135 g/mol. The highest BCUT2D eigenvalue weighted by atomic mass is 31.2. The molecular formula is C3H6NO3P. The fourth-order valence-corrected chi connectivity index (χ4v) is 0.515. The third-order valence-electron chi connectivity index (χ3n) is 0.358. The molecule has 0 fully saturated rings. The lowest BCUT2D eigenvalue weighted by molar-refractivity contribution is 0.263. The fourth-order valence-electron chi connectivity index (χ4n) is 0.172. The van der Waals surface area contributed by atoms with E-state index in [9.17, 15) is 0 Å². The van der Waals surface area contributed by atoms with E-state index in [1.165, 1.54) is 6.26 Å². The Balaban J connectivity index is 3.08. The van der Waals surface area contributed by atoms with Crippen LogP contribution in [0.3, 0.4) is 0 Å². The Morgan fingerprint density at radius 2 is 2.50 bits per heavy atom. The van der Waals surface area contributed by atoms with Crippen molar-refractivity contribution in [2.45, 2.75) is 6.92 Å². The average molecular weight is 135 g/mol. The summed E-state index contributed by atoms with van der Waals surface area (Å²) in [7, 11) is -1.94. The van der Waals surface area contributed by atoms with E-state index in [0.717, 1.165) is 0 Å². The van der Waals surface area contributed by atoms with E-state index >= 15 is 0 Å². The lowest BCUT2D eigenvalue weighted by Crippen LogP contribution is -1.82. The summed E-state index contributed by atoms with van der Waals surface area (Å²) < 4.78 is 8.44. The summed E-state index contributed by atoms with van der Waals surface area (Å²) in [5, 5.41) is 7.77. The van der Waals surface area contributed by atoms with Crippen LogP contribution in [-0.4, -0.2) is 11.5 Å². The van der Waals surface area contributed by atoms with Gasteiger partial charge < -0.3 is 13.9 Å². The summed E-state index contributed by atoms with van der Waals surface area (Å²) in [4.78, 5) is 8.45. The van der Waals surface area contributed by atoms with Crippen molar-refractivity contribution in [1.82, 2.24) is 0 Å². The number of nitriles is 1.